The molecular formula is H5BaKMnO2. The Hall–Kier alpha value is 3.49. The molecule has 0 heterocycles. The van der Waals surface area contributed by atoms with E-state index in [1.807, 2.05) is 0 Å². The van der Waals surface area contributed by atoms with E-state index in [1.165, 1.54) is 0 Å². The minimum absolute atomic E-state index is 0. The van der Waals surface area contributed by atoms with Gasteiger partial charge in [0.2, 0.25) is 0 Å². The predicted octanol–water partition coefficient (Wildman–Crippen LogP) is -2.51. The summed E-state index contributed by atoms with van der Waals surface area (Å²) in [6.07, 6.45) is 0. The van der Waals surface area contributed by atoms with Gasteiger partial charge >= 0.3 is 120 Å². The molecule has 27 valence electrons. The molecule has 5 heavy (non-hydrogen) atoms. The van der Waals surface area contributed by atoms with Crippen molar-refractivity contribution >= 4 is 100 Å². The third-order valence-corrected chi connectivity index (χ3v) is 0. The number of rotatable bonds is 0. The Bertz CT molecular complexity index is 9.61. The zero-order chi connectivity index (χ0) is 2.00. The zero-order valence-electron chi connectivity index (χ0n) is 1.29. The van der Waals surface area contributed by atoms with Gasteiger partial charge in [-0.1, -0.05) is 0 Å². The topological polar surface area (TPSA) is 48.6 Å². The van der Waals surface area contributed by atoms with Crippen LogP contribution < -0.4 is 0 Å². The second kappa shape index (κ2) is 25.9. The molecule has 0 aromatic carbocycles. The Morgan fingerprint density at radius 1 is 1.20 bits per heavy atom. The first-order chi connectivity index (χ1) is 1.00. The second-order valence-corrected chi connectivity index (χ2v) is 0. The van der Waals surface area contributed by atoms with Crippen LogP contribution in [0.2, 0.25) is 0 Å². The molecule has 0 aliphatic rings. The third-order valence-electron chi connectivity index (χ3n) is 0. The molecular weight excluding hydrogens is 263 g/mol. The third kappa shape index (κ3) is 18.5. The van der Waals surface area contributed by atoms with Gasteiger partial charge in [0, 0.05) is 0 Å². The molecule has 0 radical (unpaired) electrons. The standard InChI is InChI=1S/Ba.K.Mn.H2O.O.3H/h;;;1H2;;;;. The van der Waals surface area contributed by atoms with E-state index in [0.717, 1.165) is 0 Å². The van der Waals surface area contributed by atoms with Gasteiger partial charge in [-0.3, -0.25) is 0 Å². The quantitative estimate of drug-likeness (QED) is 0.448. The van der Waals surface area contributed by atoms with Crippen LogP contribution in [0, 0.1) is 0 Å². The summed E-state index contributed by atoms with van der Waals surface area (Å²) in [6.45, 7) is 0. The zero-order valence-corrected chi connectivity index (χ0v) is 2.47. The summed E-state index contributed by atoms with van der Waals surface area (Å²) in [4.78, 5) is 0. The van der Waals surface area contributed by atoms with Crippen LogP contribution in [-0.2, 0) is 19.8 Å². The SMILES string of the molecule is O.[BaH2].[KH].[O]=[Mn]. The normalized spacial score (nSPS) is 0.800. The Morgan fingerprint density at radius 2 is 1.20 bits per heavy atom. The fourth-order valence-corrected chi connectivity index (χ4v) is 0. The van der Waals surface area contributed by atoms with Crippen molar-refractivity contribution < 1.29 is 25.3 Å². The molecule has 0 aliphatic heterocycles. The molecule has 0 fully saturated rings. The molecule has 0 saturated heterocycles. The predicted molar refractivity (Wildman–Crippen MR) is 20.0 cm³/mol. The molecule has 2 nitrogen and oxygen atoms in total. The van der Waals surface area contributed by atoms with Crippen molar-refractivity contribution in [3.63, 3.8) is 0 Å². The van der Waals surface area contributed by atoms with E-state index in [9.17, 15) is 0 Å². The van der Waals surface area contributed by atoms with Crippen LogP contribution in [0.3, 0.4) is 0 Å². The summed E-state index contributed by atoms with van der Waals surface area (Å²) in [7, 11) is 0. The van der Waals surface area contributed by atoms with Crippen molar-refractivity contribution in [3.05, 3.63) is 0 Å². The average molecular weight is 268 g/mol. The van der Waals surface area contributed by atoms with Crippen LogP contribution in [0.15, 0.2) is 0 Å². The van der Waals surface area contributed by atoms with Crippen molar-refractivity contribution in [2.75, 3.05) is 0 Å². The van der Waals surface area contributed by atoms with Gasteiger partial charge < -0.3 is 5.48 Å². The molecule has 0 bridgehead atoms. The van der Waals surface area contributed by atoms with Crippen LogP contribution in [0.1, 0.15) is 0 Å². The Balaban J connectivity index is -0.00000000167. The first-order valence-electron chi connectivity index (χ1n) is 0.154. The maximum absolute atomic E-state index is 8.06. The van der Waals surface area contributed by atoms with E-state index in [0.29, 0.717) is 0 Å². The second-order valence-electron chi connectivity index (χ2n) is 0. The summed E-state index contributed by atoms with van der Waals surface area (Å²) in [5.74, 6) is 0. The number of hydrogen-bond acceptors (Lipinski definition) is 1. The van der Waals surface area contributed by atoms with Crippen LogP contribution in [0.4, 0.5) is 0 Å². The first-order valence-corrected chi connectivity index (χ1v) is 0.636. The molecule has 5 heteroatoms. The molecule has 0 atom stereocenters. The Morgan fingerprint density at radius 3 is 1.20 bits per heavy atom. The summed E-state index contributed by atoms with van der Waals surface area (Å²) in [5.41, 5.74) is 0. The molecule has 0 aliphatic carbocycles. The molecule has 0 rings (SSSR count). The van der Waals surface area contributed by atoms with Crippen molar-refractivity contribution in [2.45, 2.75) is 0 Å². The van der Waals surface area contributed by atoms with E-state index in [-0.39, 0.29) is 106 Å². The van der Waals surface area contributed by atoms with Crippen molar-refractivity contribution in [2.24, 2.45) is 0 Å². The first kappa shape index (κ1) is 23.6. The fourth-order valence-electron chi connectivity index (χ4n) is 0. The molecule has 0 aromatic rings. The van der Waals surface area contributed by atoms with E-state index >= 15 is 0 Å². The average Bonchev–Trinajstić information content (AvgIpc) is 1.00. The number of hydrogen-bond donors (Lipinski definition) is 0. The van der Waals surface area contributed by atoms with E-state index < -0.39 is 0 Å². The summed E-state index contributed by atoms with van der Waals surface area (Å²) >= 11 is 1.69. The van der Waals surface area contributed by atoms with Gasteiger partial charge in [0.25, 0.3) is 0 Å². The van der Waals surface area contributed by atoms with Gasteiger partial charge in [0.05, 0.1) is 0 Å². The monoisotopic (exact) mass is 269 g/mol. The van der Waals surface area contributed by atoms with Crippen LogP contribution in [-0.4, -0.2) is 106 Å². The van der Waals surface area contributed by atoms with Gasteiger partial charge in [-0.15, -0.1) is 0 Å². The van der Waals surface area contributed by atoms with Gasteiger partial charge in [-0.05, 0) is 0 Å². The van der Waals surface area contributed by atoms with E-state index in [4.69, 9.17) is 3.83 Å². The van der Waals surface area contributed by atoms with Crippen LogP contribution in [0.25, 0.3) is 0 Å². The molecule has 0 amide bonds. The van der Waals surface area contributed by atoms with Crippen LogP contribution in [0.5, 0.6) is 0 Å². The molecule has 0 saturated carbocycles. The van der Waals surface area contributed by atoms with Gasteiger partial charge in [0.1, 0.15) is 0 Å². The Labute approximate surface area is 122 Å². The Kier molecular flexibility index (Phi) is 122. The van der Waals surface area contributed by atoms with Gasteiger partial charge in [0.15, 0.2) is 0 Å². The molecule has 2 N–H and O–H groups in total. The maximum atomic E-state index is 8.06. The molecule has 0 unspecified atom stereocenters. The van der Waals surface area contributed by atoms with Crippen molar-refractivity contribution in [1.29, 1.82) is 0 Å². The van der Waals surface area contributed by atoms with E-state index in [1.54, 1.807) is 15.9 Å². The van der Waals surface area contributed by atoms with Crippen LogP contribution >= 0.6 is 0 Å². The molecule has 0 aromatic heterocycles. The summed E-state index contributed by atoms with van der Waals surface area (Å²) in [6, 6.07) is 0. The van der Waals surface area contributed by atoms with Gasteiger partial charge in [-0.25, -0.2) is 0 Å². The fraction of sp³-hybridized carbons (Fsp3) is 0. The van der Waals surface area contributed by atoms with Crippen molar-refractivity contribution in [3.8, 4) is 0 Å². The summed E-state index contributed by atoms with van der Waals surface area (Å²) < 4.78 is 8.06. The minimum atomic E-state index is 0. The summed E-state index contributed by atoms with van der Waals surface area (Å²) in [5, 5.41) is 0. The molecule has 0 spiro atoms. The van der Waals surface area contributed by atoms with Crippen molar-refractivity contribution in [1.82, 2.24) is 0 Å². The van der Waals surface area contributed by atoms with E-state index in [2.05, 4.69) is 0 Å². The van der Waals surface area contributed by atoms with Gasteiger partial charge in [-0.2, -0.15) is 0 Å².